The zero-order chi connectivity index (χ0) is 8.12. The number of aliphatic hydroxyl groups is 3. The van der Waals surface area contributed by atoms with Crippen molar-refractivity contribution in [1.29, 1.82) is 0 Å². The van der Waals surface area contributed by atoms with Gasteiger partial charge in [0.2, 0.25) is 0 Å². The van der Waals surface area contributed by atoms with Crippen molar-refractivity contribution in [2.75, 3.05) is 19.8 Å². The van der Waals surface area contributed by atoms with Crippen LogP contribution in [0.5, 0.6) is 0 Å². The molecule has 0 heterocycles. The fourth-order valence-corrected chi connectivity index (χ4v) is 0. The first-order chi connectivity index (χ1) is 4.24. The molecule has 4 nitrogen and oxygen atoms in total. The van der Waals surface area contributed by atoms with E-state index >= 15 is 0 Å². The molecule has 0 aromatic carbocycles. The van der Waals surface area contributed by atoms with Gasteiger partial charge in [0.15, 0.2) is 0 Å². The third-order valence-corrected chi connectivity index (χ3v) is 0. The van der Waals surface area contributed by atoms with Gasteiger partial charge < -0.3 is 20.8 Å². The van der Waals surface area contributed by atoms with E-state index in [1.807, 2.05) is 0 Å². The van der Waals surface area contributed by atoms with E-state index in [-0.39, 0.29) is 44.8 Å². The molecule has 0 amide bonds. The Kier molecular flexibility index (Phi) is 213. The normalized spacial score (nSPS) is 4.91. The first kappa shape index (κ1) is 30.0. The molecule has 0 bridgehead atoms. The molecule has 5 heteroatoms. The molecule has 0 spiro atoms. The third kappa shape index (κ3) is 3490. The van der Waals surface area contributed by atoms with E-state index in [9.17, 15) is 0 Å². The summed E-state index contributed by atoms with van der Waals surface area (Å²) in [6.45, 7) is 5.79. The molecule has 0 aromatic heterocycles. The summed E-state index contributed by atoms with van der Waals surface area (Å²) in [6.07, 6.45) is 0. The molecule has 0 aliphatic carbocycles. The summed E-state index contributed by atoms with van der Waals surface area (Å²) >= 11 is 0. The van der Waals surface area contributed by atoms with E-state index in [1.54, 1.807) is 20.8 Å². The molecule has 0 rings (SSSR count). The maximum Gasteiger partial charge on any atom is 0.0402 e. The van der Waals surface area contributed by atoms with Crippen LogP contribution in [0.15, 0.2) is 0 Å². The second-order valence-corrected chi connectivity index (χ2v) is 0.949. The summed E-state index contributed by atoms with van der Waals surface area (Å²) < 4.78 is 0. The van der Waals surface area contributed by atoms with Crippen molar-refractivity contribution in [3.63, 3.8) is 0 Å². The van der Waals surface area contributed by atoms with Gasteiger partial charge in [0.25, 0.3) is 0 Å². The monoisotopic (exact) mass is 218 g/mol. The Balaban J connectivity index is -0.0000000150. The molecule has 0 fully saturated rings. The zero-order valence-corrected chi connectivity index (χ0v) is 10.5. The van der Waals surface area contributed by atoms with Crippen LogP contribution in [-0.2, 0) is 25.0 Å². The average Bonchev–Trinajstić information content (AvgIpc) is 1.70. The Morgan fingerprint density at radius 2 is 0.727 bits per heavy atom. The Morgan fingerprint density at radius 3 is 0.727 bits per heavy atom. The van der Waals surface area contributed by atoms with E-state index in [0.29, 0.717) is 0 Å². The van der Waals surface area contributed by atoms with Crippen LogP contribution in [0, 0.1) is 0 Å². The van der Waals surface area contributed by atoms with Crippen LogP contribution in [0.3, 0.4) is 0 Å². The second-order valence-electron chi connectivity index (χ2n) is 0.949. The van der Waals surface area contributed by atoms with Gasteiger partial charge >= 0.3 is 0 Å². The largest absolute Gasteiger partial charge is 2.00 e. The maximum atomic E-state index is 7.57. The predicted octanol–water partition coefficient (Wildman–Crippen LogP) is -0.126. The summed E-state index contributed by atoms with van der Waals surface area (Å²) in [5.41, 5.74) is 0. The van der Waals surface area contributed by atoms with Crippen molar-refractivity contribution in [3.8, 4) is 0 Å². The molecule has 11 heavy (non-hydrogen) atoms. The minimum atomic E-state index is 0. The smallest absolute Gasteiger partial charge is 0.0402 e. The van der Waals surface area contributed by atoms with Gasteiger partial charge in [-0.25, -0.2) is 0 Å². The van der Waals surface area contributed by atoms with Crippen molar-refractivity contribution < 1.29 is 40.3 Å². The van der Waals surface area contributed by atoms with Crippen molar-refractivity contribution in [1.82, 2.24) is 0 Å². The van der Waals surface area contributed by atoms with Gasteiger partial charge in [0.05, 0.1) is 0 Å². The van der Waals surface area contributed by atoms with E-state index in [1.165, 1.54) is 0 Å². The fraction of sp³-hybridized carbons (Fsp3) is 1.00. The molecule has 0 radical (unpaired) electrons. The van der Waals surface area contributed by atoms with Gasteiger partial charge in [-0.05, 0) is 20.8 Å². The van der Waals surface area contributed by atoms with Crippen molar-refractivity contribution in [3.05, 3.63) is 0 Å². The molecule has 0 atom stereocenters. The van der Waals surface area contributed by atoms with Crippen molar-refractivity contribution in [2.45, 2.75) is 20.8 Å². The van der Waals surface area contributed by atoms with Gasteiger partial charge in [-0.2, -0.15) is 0 Å². The van der Waals surface area contributed by atoms with Gasteiger partial charge in [-0.15, -0.1) is 0 Å². The van der Waals surface area contributed by atoms with E-state index < -0.39 is 0 Å². The first-order valence-corrected chi connectivity index (χ1v) is 3.07. The van der Waals surface area contributed by atoms with Crippen LogP contribution in [-0.4, -0.2) is 35.1 Å². The SMILES string of the molecule is CCO.CCO.CCO.[O-2].[Zn]. The predicted molar refractivity (Wildman–Crippen MR) is 39.0 cm³/mol. The molecule has 0 unspecified atom stereocenters. The van der Waals surface area contributed by atoms with E-state index in [4.69, 9.17) is 15.3 Å². The molecular formula is C6H18O4Zn-2. The van der Waals surface area contributed by atoms with Crippen LogP contribution in [0.1, 0.15) is 20.8 Å². The number of hydrogen-bond acceptors (Lipinski definition) is 3. The van der Waals surface area contributed by atoms with Gasteiger partial charge in [-0.3, -0.25) is 0 Å². The Morgan fingerprint density at radius 1 is 0.727 bits per heavy atom. The standard InChI is InChI=1S/3C2H6O.O.Zn/c3*1-2-3;;/h3*3H,2H2,1H3;;/q;;;-2;. The van der Waals surface area contributed by atoms with Crippen molar-refractivity contribution >= 4 is 0 Å². The maximum absolute atomic E-state index is 7.57. The van der Waals surface area contributed by atoms with Crippen LogP contribution in [0.2, 0.25) is 0 Å². The Labute approximate surface area is 81.3 Å². The van der Waals surface area contributed by atoms with Crippen LogP contribution >= 0.6 is 0 Å². The van der Waals surface area contributed by atoms with Crippen LogP contribution in [0.25, 0.3) is 0 Å². The molecule has 0 saturated heterocycles. The quantitative estimate of drug-likeness (QED) is 0.496. The van der Waals surface area contributed by atoms with E-state index in [2.05, 4.69) is 0 Å². The van der Waals surface area contributed by atoms with Crippen molar-refractivity contribution in [2.24, 2.45) is 0 Å². The summed E-state index contributed by atoms with van der Waals surface area (Å²) in [5, 5.41) is 22.7. The van der Waals surface area contributed by atoms with Gasteiger partial charge in [-0.1, -0.05) is 0 Å². The summed E-state index contributed by atoms with van der Waals surface area (Å²) in [5.74, 6) is 0. The van der Waals surface area contributed by atoms with E-state index in [0.717, 1.165) is 0 Å². The number of rotatable bonds is 0. The second kappa shape index (κ2) is 78.1. The molecule has 0 saturated carbocycles. The van der Waals surface area contributed by atoms with Crippen LogP contribution in [0.4, 0.5) is 0 Å². The molecular weight excluding hydrogens is 201 g/mol. The molecule has 0 aromatic rings. The van der Waals surface area contributed by atoms with Gasteiger partial charge in [0.1, 0.15) is 0 Å². The average molecular weight is 220 g/mol. The van der Waals surface area contributed by atoms with Crippen LogP contribution < -0.4 is 0 Å². The minimum absolute atomic E-state index is 0. The fourth-order valence-electron chi connectivity index (χ4n) is 0. The topological polar surface area (TPSA) is 89.2 Å². The third-order valence-electron chi connectivity index (χ3n) is 0. The first-order valence-electron chi connectivity index (χ1n) is 3.07. The molecule has 70 valence electrons. The zero-order valence-electron chi connectivity index (χ0n) is 7.58. The number of aliphatic hydroxyl groups excluding tert-OH is 3. The Bertz CT molecular complexity index is 19.3. The minimum Gasteiger partial charge on any atom is -2.00 e. The molecule has 3 N–H and O–H groups in total. The summed E-state index contributed by atoms with van der Waals surface area (Å²) in [6, 6.07) is 0. The molecule has 0 aliphatic heterocycles. The number of hydrogen-bond donors (Lipinski definition) is 3. The van der Waals surface area contributed by atoms with Gasteiger partial charge in [0, 0.05) is 39.3 Å². The molecule has 0 aliphatic rings. The Hall–Kier alpha value is 0.463. The summed E-state index contributed by atoms with van der Waals surface area (Å²) in [7, 11) is 0. The summed E-state index contributed by atoms with van der Waals surface area (Å²) in [4.78, 5) is 0.